The van der Waals surface area contributed by atoms with Crippen LogP contribution in [-0.2, 0) is 6.61 Å². The minimum Gasteiger partial charge on any atom is -0.489 e. The molecule has 0 radical (unpaired) electrons. The van der Waals surface area contributed by atoms with E-state index >= 15 is 0 Å². The number of fused-ring (bicyclic) bond motifs is 1. The third-order valence-corrected chi connectivity index (χ3v) is 3.54. The number of hydrazone groups is 1. The highest BCUT2D eigenvalue weighted by Gasteiger charge is 2.01. The molecule has 120 valence electrons. The lowest BCUT2D eigenvalue weighted by atomic mass is 10.1. The maximum atomic E-state index is 10.5. The molecule has 5 nitrogen and oxygen atoms in total. The molecular formula is C19H17N3O2. The van der Waals surface area contributed by atoms with Crippen LogP contribution in [0.3, 0.4) is 0 Å². The van der Waals surface area contributed by atoms with Crippen LogP contribution in [0.1, 0.15) is 11.1 Å². The van der Waals surface area contributed by atoms with Crippen molar-refractivity contribution in [1.82, 2.24) is 5.43 Å². The van der Waals surface area contributed by atoms with Crippen LogP contribution in [0.5, 0.6) is 5.75 Å². The lowest BCUT2D eigenvalue weighted by Gasteiger charge is -2.09. The van der Waals surface area contributed by atoms with Crippen LogP contribution in [0.15, 0.2) is 71.8 Å². The quantitative estimate of drug-likeness (QED) is 0.558. The Kier molecular flexibility index (Phi) is 4.72. The number of carbonyl (C=O) groups excluding carboxylic acids is 1. The van der Waals surface area contributed by atoms with Gasteiger partial charge < -0.3 is 10.5 Å². The van der Waals surface area contributed by atoms with Crippen molar-refractivity contribution in [2.75, 3.05) is 0 Å². The highest BCUT2D eigenvalue weighted by molar-refractivity contribution is 5.85. The van der Waals surface area contributed by atoms with Gasteiger partial charge in [-0.3, -0.25) is 0 Å². The van der Waals surface area contributed by atoms with Crippen molar-refractivity contribution in [3.05, 3.63) is 77.9 Å². The SMILES string of the molecule is NC(=O)N/N=C\c1ccc(OCc2cccc3ccccc23)cc1. The summed E-state index contributed by atoms with van der Waals surface area (Å²) < 4.78 is 5.86. The molecule has 3 aromatic rings. The van der Waals surface area contributed by atoms with Gasteiger partial charge in [0.25, 0.3) is 0 Å². The van der Waals surface area contributed by atoms with E-state index in [4.69, 9.17) is 10.5 Å². The van der Waals surface area contributed by atoms with Gasteiger partial charge in [-0.15, -0.1) is 0 Å². The molecule has 3 aromatic carbocycles. The molecule has 0 spiro atoms. The van der Waals surface area contributed by atoms with E-state index in [9.17, 15) is 4.79 Å². The van der Waals surface area contributed by atoms with Gasteiger partial charge in [0.2, 0.25) is 0 Å². The Bertz CT molecular complexity index is 868. The first-order valence-electron chi connectivity index (χ1n) is 7.50. The molecule has 0 heterocycles. The zero-order chi connectivity index (χ0) is 16.8. The first kappa shape index (κ1) is 15.6. The van der Waals surface area contributed by atoms with Gasteiger partial charge in [0, 0.05) is 0 Å². The van der Waals surface area contributed by atoms with Crippen LogP contribution in [0.25, 0.3) is 10.8 Å². The van der Waals surface area contributed by atoms with E-state index in [-0.39, 0.29) is 0 Å². The molecular weight excluding hydrogens is 302 g/mol. The normalized spacial score (nSPS) is 10.8. The van der Waals surface area contributed by atoms with E-state index in [0.717, 1.165) is 16.9 Å². The van der Waals surface area contributed by atoms with Crippen LogP contribution in [0.2, 0.25) is 0 Å². The largest absolute Gasteiger partial charge is 0.489 e. The zero-order valence-electron chi connectivity index (χ0n) is 13.0. The molecule has 0 aliphatic carbocycles. The molecule has 0 unspecified atom stereocenters. The second-order valence-electron chi connectivity index (χ2n) is 5.23. The maximum Gasteiger partial charge on any atom is 0.332 e. The van der Waals surface area contributed by atoms with E-state index in [1.807, 2.05) is 42.5 Å². The Morgan fingerprint density at radius 1 is 1.04 bits per heavy atom. The molecule has 0 saturated carbocycles. The van der Waals surface area contributed by atoms with Crippen molar-refractivity contribution >= 4 is 23.0 Å². The van der Waals surface area contributed by atoms with Gasteiger partial charge in [0.05, 0.1) is 6.21 Å². The predicted molar refractivity (Wildman–Crippen MR) is 95.0 cm³/mol. The lowest BCUT2D eigenvalue weighted by molar-refractivity contribution is 0.249. The number of nitrogens with two attached hydrogens (primary N) is 1. The van der Waals surface area contributed by atoms with Crippen LogP contribution < -0.4 is 15.9 Å². The molecule has 5 heteroatoms. The smallest absolute Gasteiger partial charge is 0.332 e. The number of amides is 2. The fourth-order valence-electron chi connectivity index (χ4n) is 2.40. The van der Waals surface area contributed by atoms with Crippen LogP contribution >= 0.6 is 0 Å². The molecule has 0 atom stereocenters. The summed E-state index contributed by atoms with van der Waals surface area (Å²) in [5.41, 5.74) is 9.06. The number of nitrogens with one attached hydrogen (secondary N) is 1. The maximum absolute atomic E-state index is 10.5. The minimum atomic E-state index is -0.693. The number of carbonyl (C=O) groups is 1. The highest BCUT2D eigenvalue weighted by Crippen LogP contribution is 2.20. The van der Waals surface area contributed by atoms with E-state index in [1.165, 1.54) is 17.0 Å². The van der Waals surface area contributed by atoms with Crippen LogP contribution in [-0.4, -0.2) is 12.2 Å². The molecule has 0 aromatic heterocycles. The number of urea groups is 1. The van der Waals surface area contributed by atoms with Crippen LogP contribution in [0.4, 0.5) is 4.79 Å². The number of primary amides is 1. The summed E-state index contributed by atoms with van der Waals surface area (Å²) in [5, 5.41) is 6.10. The molecule has 0 bridgehead atoms. The zero-order valence-corrected chi connectivity index (χ0v) is 13.0. The summed E-state index contributed by atoms with van der Waals surface area (Å²) in [7, 11) is 0. The summed E-state index contributed by atoms with van der Waals surface area (Å²) >= 11 is 0. The van der Waals surface area contributed by atoms with Crippen molar-refractivity contribution in [3.63, 3.8) is 0 Å². The highest BCUT2D eigenvalue weighted by atomic mass is 16.5. The standard InChI is InChI=1S/C19H17N3O2/c20-19(23)22-21-12-14-8-10-17(11-9-14)24-13-16-6-3-5-15-4-1-2-7-18(15)16/h1-12H,13H2,(H3,20,22,23)/b21-12-. The van der Waals surface area contributed by atoms with E-state index in [1.54, 1.807) is 0 Å². The van der Waals surface area contributed by atoms with Gasteiger partial charge in [-0.05, 0) is 46.2 Å². The van der Waals surface area contributed by atoms with E-state index in [0.29, 0.717) is 6.61 Å². The Hall–Kier alpha value is -3.34. The first-order valence-corrected chi connectivity index (χ1v) is 7.50. The summed E-state index contributed by atoms with van der Waals surface area (Å²) in [5.74, 6) is 0.767. The van der Waals surface area contributed by atoms with Gasteiger partial charge in [-0.1, -0.05) is 42.5 Å². The molecule has 24 heavy (non-hydrogen) atoms. The summed E-state index contributed by atoms with van der Waals surface area (Å²) in [6.45, 7) is 0.498. The van der Waals surface area contributed by atoms with Crippen LogP contribution in [0, 0.1) is 0 Å². The van der Waals surface area contributed by atoms with Gasteiger partial charge in [-0.2, -0.15) is 5.10 Å². The van der Waals surface area contributed by atoms with Gasteiger partial charge >= 0.3 is 6.03 Å². The lowest BCUT2D eigenvalue weighted by Crippen LogP contribution is -2.24. The number of rotatable bonds is 5. The minimum absolute atomic E-state index is 0.498. The van der Waals surface area contributed by atoms with Crippen molar-refractivity contribution in [2.24, 2.45) is 10.8 Å². The molecule has 0 aliphatic heterocycles. The molecule has 2 amide bonds. The molecule has 0 fully saturated rings. The number of nitrogens with zero attached hydrogens (tertiary/aromatic N) is 1. The third-order valence-electron chi connectivity index (χ3n) is 3.54. The number of ether oxygens (including phenoxy) is 1. The Labute approximate surface area is 139 Å². The van der Waals surface area contributed by atoms with Crippen molar-refractivity contribution < 1.29 is 9.53 Å². The predicted octanol–water partition coefficient (Wildman–Crippen LogP) is 3.42. The third kappa shape index (κ3) is 3.89. The van der Waals surface area contributed by atoms with E-state index in [2.05, 4.69) is 34.8 Å². The molecule has 3 N–H and O–H groups in total. The van der Waals surface area contributed by atoms with E-state index < -0.39 is 6.03 Å². The fraction of sp³-hybridized carbons (Fsp3) is 0.0526. The molecule has 3 rings (SSSR count). The fourth-order valence-corrected chi connectivity index (χ4v) is 2.40. The monoisotopic (exact) mass is 319 g/mol. The van der Waals surface area contributed by atoms with Gasteiger partial charge in [0.1, 0.15) is 12.4 Å². The molecule has 0 saturated heterocycles. The Morgan fingerprint density at radius 3 is 2.58 bits per heavy atom. The summed E-state index contributed by atoms with van der Waals surface area (Å²) in [6, 6.07) is 21.2. The number of hydrogen-bond acceptors (Lipinski definition) is 3. The summed E-state index contributed by atoms with van der Waals surface area (Å²) in [4.78, 5) is 10.5. The number of benzene rings is 3. The van der Waals surface area contributed by atoms with Crippen molar-refractivity contribution in [3.8, 4) is 5.75 Å². The topological polar surface area (TPSA) is 76.7 Å². The Balaban J connectivity index is 1.66. The second-order valence-corrected chi connectivity index (χ2v) is 5.23. The van der Waals surface area contributed by atoms with Gasteiger partial charge in [-0.25, -0.2) is 10.2 Å². The number of hydrogen-bond donors (Lipinski definition) is 2. The average molecular weight is 319 g/mol. The summed E-state index contributed by atoms with van der Waals surface area (Å²) in [6.07, 6.45) is 1.51. The molecule has 0 aliphatic rings. The second kappa shape index (κ2) is 7.28. The average Bonchev–Trinajstić information content (AvgIpc) is 2.61. The van der Waals surface area contributed by atoms with Crippen molar-refractivity contribution in [2.45, 2.75) is 6.61 Å². The first-order chi connectivity index (χ1) is 11.7. The Morgan fingerprint density at radius 2 is 1.79 bits per heavy atom. The van der Waals surface area contributed by atoms with Crippen molar-refractivity contribution in [1.29, 1.82) is 0 Å². The van der Waals surface area contributed by atoms with Gasteiger partial charge in [0.15, 0.2) is 0 Å².